The molecule has 0 aliphatic carbocycles. The fraction of sp³-hybridized carbons (Fsp3) is 0.625. The van der Waals surface area contributed by atoms with E-state index in [1.54, 1.807) is 7.11 Å². The molecule has 2 N–H and O–H groups in total. The maximum Gasteiger partial charge on any atom is 0.124 e. The molecular formula is C16H27NO2. The minimum absolute atomic E-state index is 0.0376. The highest BCUT2D eigenvalue weighted by Crippen LogP contribution is 2.30. The van der Waals surface area contributed by atoms with Crippen LogP contribution in [0.15, 0.2) is 18.2 Å². The monoisotopic (exact) mass is 265 g/mol. The van der Waals surface area contributed by atoms with Gasteiger partial charge in [-0.3, -0.25) is 0 Å². The van der Waals surface area contributed by atoms with Gasteiger partial charge in [0.2, 0.25) is 0 Å². The van der Waals surface area contributed by atoms with E-state index in [2.05, 4.69) is 26.1 Å². The summed E-state index contributed by atoms with van der Waals surface area (Å²) >= 11 is 0. The van der Waals surface area contributed by atoms with Crippen molar-refractivity contribution in [2.24, 2.45) is 5.92 Å². The van der Waals surface area contributed by atoms with Crippen LogP contribution in [-0.2, 0) is 0 Å². The molecule has 3 heteroatoms. The van der Waals surface area contributed by atoms with E-state index in [0.717, 1.165) is 29.8 Å². The van der Waals surface area contributed by atoms with Crippen molar-refractivity contribution in [2.45, 2.75) is 46.3 Å². The van der Waals surface area contributed by atoms with Gasteiger partial charge in [-0.2, -0.15) is 0 Å². The molecule has 1 rings (SSSR count). The molecule has 0 aromatic heterocycles. The highest BCUT2D eigenvalue weighted by molar-refractivity contribution is 5.39. The summed E-state index contributed by atoms with van der Waals surface area (Å²) in [6.07, 6.45) is 0.502. The Morgan fingerprint density at radius 3 is 2.53 bits per heavy atom. The van der Waals surface area contributed by atoms with Gasteiger partial charge in [-0.25, -0.2) is 0 Å². The summed E-state index contributed by atoms with van der Waals surface area (Å²) in [5, 5.41) is 14.1. The summed E-state index contributed by atoms with van der Waals surface area (Å²) in [5.74, 6) is 1.11. The van der Waals surface area contributed by atoms with E-state index in [-0.39, 0.29) is 6.04 Å². The van der Waals surface area contributed by atoms with Gasteiger partial charge in [-0.15, -0.1) is 0 Å². The van der Waals surface area contributed by atoms with Gasteiger partial charge in [0, 0.05) is 11.6 Å². The Morgan fingerprint density at radius 2 is 2.00 bits per heavy atom. The van der Waals surface area contributed by atoms with Crippen LogP contribution in [0.4, 0.5) is 0 Å². The third kappa shape index (κ3) is 4.22. The molecule has 0 saturated carbocycles. The van der Waals surface area contributed by atoms with Crippen LogP contribution in [0.2, 0.25) is 0 Å². The van der Waals surface area contributed by atoms with Gasteiger partial charge in [0.15, 0.2) is 0 Å². The number of nitrogens with one attached hydrogen (secondary N) is 1. The van der Waals surface area contributed by atoms with Crippen LogP contribution in [-0.4, -0.2) is 24.8 Å². The number of benzene rings is 1. The Morgan fingerprint density at radius 1 is 1.32 bits per heavy atom. The number of hydrogen-bond donors (Lipinski definition) is 2. The zero-order valence-electron chi connectivity index (χ0n) is 12.7. The summed E-state index contributed by atoms with van der Waals surface area (Å²) in [4.78, 5) is 0. The number of methoxy groups -OCH3 is 1. The molecule has 0 radical (unpaired) electrons. The third-order valence-corrected chi connectivity index (χ3v) is 3.39. The molecule has 2 unspecified atom stereocenters. The first-order valence-corrected chi connectivity index (χ1v) is 7.07. The molecule has 1 aromatic carbocycles. The first kappa shape index (κ1) is 16.0. The van der Waals surface area contributed by atoms with E-state index < -0.39 is 6.10 Å². The van der Waals surface area contributed by atoms with Crippen molar-refractivity contribution >= 4 is 0 Å². The number of rotatable bonds is 7. The van der Waals surface area contributed by atoms with Crippen molar-refractivity contribution in [3.8, 4) is 5.75 Å². The van der Waals surface area contributed by atoms with Crippen molar-refractivity contribution in [1.29, 1.82) is 0 Å². The first-order chi connectivity index (χ1) is 9.01. The molecule has 0 amide bonds. The zero-order valence-corrected chi connectivity index (χ0v) is 12.7. The second kappa shape index (κ2) is 7.51. The van der Waals surface area contributed by atoms with Gasteiger partial charge in [0.05, 0.1) is 13.2 Å². The Labute approximate surface area is 117 Å². The lowest BCUT2D eigenvalue weighted by Gasteiger charge is -2.29. The topological polar surface area (TPSA) is 41.5 Å². The average Bonchev–Trinajstić information content (AvgIpc) is 2.38. The van der Waals surface area contributed by atoms with Crippen LogP contribution in [0.1, 0.15) is 44.4 Å². The number of ether oxygens (including phenoxy) is 1. The Bertz CT molecular complexity index is 390. The lowest BCUT2D eigenvalue weighted by atomic mass is 9.92. The first-order valence-electron chi connectivity index (χ1n) is 7.07. The lowest BCUT2D eigenvalue weighted by molar-refractivity contribution is 0.103. The number of hydrogen-bond acceptors (Lipinski definition) is 3. The standard InChI is InChI=1S/C16H27NO2/c1-6-9-17-15(11(2)3)16(18)13-10-12(4)7-8-14(13)19-5/h7-8,10-11,15-18H,6,9H2,1-5H3. The molecule has 0 fully saturated rings. The van der Waals surface area contributed by atoms with Gasteiger partial charge < -0.3 is 15.2 Å². The fourth-order valence-electron chi connectivity index (χ4n) is 2.30. The Balaban J connectivity index is 3.00. The van der Waals surface area contributed by atoms with Crippen LogP contribution in [0.3, 0.4) is 0 Å². The number of aliphatic hydroxyl groups is 1. The highest BCUT2D eigenvalue weighted by atomic mass is 16.5. The minimum atomic E-state index is -0.554. The molecule has 0 heterocycles. The molecular weight excluding hydrogens is 238 g/mol. The SMILES string of the molecule is CCCNC(C(C)C)C(O)c1cc(C)ccc1OC. The van der Waals surface area contributed by atoms with Gasteiger partial charge in [0.25, 0.3) is 0 Å². The predicted molar refractivity (Wildman–Crippen MR) is 79.6 cm³/mol. The second-order valence-electron chi connectivity index (χ2n) is 5.41. The van der Waals surface area contributed by atoms with Crippen LogP contribution < -0.4 is 10.1 Å². The summed E-state index contributed by atoms with van der Waals surface area (Å²) < 4.78 is 5.37. The molecule has 0 saturated heterocycles. The van der Waals surface area contributed by atoms with Crippen LogP contribution in [0, 0.1) is 12.8 Å². The summed E-state index contributed by atoms with van der Waals surface area (Å²) in [5.41, 5.74) is 2.00. The predicted octanol–water partition coefficient (Wildman–Crippen LogP) is 3.06. The maximum absolute atomic E-state index is 10.7. The smallest absolute Gasteiger partial charge is 0.124 e. The molecule has 108 valence electrons. The van der Waals surface area contributed by atoms with E-state index in [4.69, 9.17) is 4.74 Å². The zero-order chi connectivity index (χ0) is 14.4. The molecule has 0 bridgehead atoms. The fourth-order valence-corrected chi connectivity index (χ4v) is 2.30. The normalized spacial score (nSPS) is 14.5. The van der Waals surface area contributed by atoms with Crippen molar-refractivity contribution in [3.05, 3.63) is 29.3 Å². The molecule has 1 aromatic rings. The van der Waals surface area contributed by atoms with E-state index in [1.165, 1.54) is 0 Å². The van der Waals surface area contributed by atoms with Gasteiger partial charge >= 0.3 is 0 Å². The van der Waals surface area contributed by atoms with E-state index >= 15 is 0 Å². The number of aryl methyl sites for hydroxylation is 1. The van der Waals surface area contributed by atoms with Crippen molar-refractivity contribution in [2.75, 3.05) is 13.7 Å². The van der Waals surface area contributed by atoms with Gasteiger partial charge in [0.1, 0.15) is 5.75 Å². The minimum Gasteiger partial charge on any atom is -0.496 e. The van der Waals surface area contributed by atoms with E-state index in [0.29, 0.717) is 5.92 Å². The van der Waals surface area contributed by atoms with Crippen molar-refractivity contribution in [3.63, 3.8) is 0 Å². The van der Waals surface area contributed by atoms with Crippen LogP contribution in [0.5, 0.6) is 5.75 Å². The quantitative estimate of drug-likeness (QED) is 0.796. The molecule has 3 nitrogen and oxygen atoms in total. The summed E-state index contributed by atoms with van der Waals surface area (Å²) in [7, 11) is 1.64. The van der Waals surface area contributed by atoms with Crippen LogP contribution in [0.25, 0.3) is 0 Å². The van der Waals surface area contributed by atoms with Gasteiger partial charge in [-0.1, -0.05) is 32.4 Å². The molecule has 19 heavy (non-hydrogen) atoms. The molecule has 0 spiro atoms. The maximum atomic E-state index is 10.7. The Kier molecular flexibility index (Phi) is 6.32. The molecule has 0 aliphatic heterocycles. The van der Waals surface area contributed by atoms with Crippen LogP contribution >= 0.6 is 0 Å². The average molecular weight is 265 g/mol. The van der Waals surface area contributed by atoms with Crippen molar-refractivity contribution in [1.82, 2.24) is 5.32 Å². The lowest BCUT2D eigenvalue weighted by Crippen LogP contribution is -2.39. The van der Waals surface area contributed by atoms with Gasteiger partial charge in [-0.05, 0) is 37.9 Å². The third-order valence-electron chi connectivity index (χ3n) is 3.39. The van der Waals surface area contributed by atoms with E-state index in [9.17, 15) is 5.11 Å². The number of aliphatic hydroxyl groups excluding tert-OH is 1. The van der Waals surface area contributed by atoms with E-state index in [1.807, 2.05) is 25.1 Å². The summed E-state index contributed by atoms with van der Waals surface area (Å²) in [6, 6.07) is 5.96. The highest BCUT2D eigenvalue weighted by Gasteiger charge is 2.25. The molecule has 2 atom stereocenters. The summed E-state index contributed by atoms with van der Waals surface area (Å²) in [6.45, 7) is 9.31. The molecule has 0 aliphatic rings. The largest absolute Gasteiger partial charge is 0.496 e. The second-order valence-corrected chi connectivity index (χ2v) is 5.41. The Hall–Kier alpha value is -1.06. The van der Waals surface area contributed by atoms with Crippen molar-refractivity contribution < 1.29 is 9.84 Å².